The Kier molecular flexibility index (Phi) is 16.8. The molecule has 0 bridgehead atoms. The second-order valence-electron chi connectivity index (χ2n) is 5.03. The SMILES string of the molecule is Br.C=CCC(CC=C)C(N)CCCCCCCC. The fourth-order valence-electron chi connectivity index (χ4n) is 2.27. The van der Waals surface area contributed by atoms with Crippen molar-refractivity contribution in [1.29, 1.82) is 0 Å². The summed E-state index contributed by atoms with van der Waals surface area (Å²) < 4.78 is 0. The molecule has 1 atom stereocenters. The molecule has 0 aromatic carbocycles. The number of rotatable bonds is 12. The van der Waals surface area contributed by atoms with E-state index in [0.717, 1.165) is 19.3 Å². The highest BCUT2D eigenvalue weighted by atomic mass is 79.9. The van der Waals surface area contributed by atoms with Gasteiger partial charge < -0.3 is 5.73 Å². The van der Waals surface area contributed by atoms with E-state index in [1.807, 2.05) is 12.2 Å². The van der Waals surface area contributed by atoms with Gasteiger partial charge in [-0.2, -0.15) is 0 Å². The van der Waals surface area contributed by atoms with Crippen LogP contribution in [0.25, 0.3) is 0 Å². The molecule has 0 aromatic heterocycles. The van der Waals surface area contributed by atoms with Crippen molar-refractivity contribution < 1.29 is 0 Å². The molecule has 1 nitrogen and oxygen atoms in total. The van der Waals surface area contributed by atoms with Crippen LogP contribution in [0, 0.1) is 5.92 Å². The Morgan fingerprint density at radius 3 is 1.94 bits per heavy atom. The minimum absolute atomic E-state index is 0. The van der Waals surface area contributed by atoms with Gasteiger partial charge in [-0.15, -0.1) is 30.1 Å². The van der Waals surface area contributed by atoms with Crippen LogP contribution in [-0.4, -0.2) is 6.04 Å². The second-order valence-corrected chi connectivity index (χ2v) is 5.03. The predicted molar refractivity (Wildman–Crippen MR) is 89.4 cm³/mol. The predicted octanol–water partition coefficient (Wildman–Crippen LogP) is 5.41. The van der Waals surface area contributed by atoms with Crippen molar-refractivity contribution in [2.75, 3.05) is 0 Å². The molecule has 108 valence electrons. The first kappa shape index (κ1) is 20.2. The smallest absolute Gasteiger partial charge is 0.00730 e. The Labute approximate surface area is 125 Å². The van der Waals surface area contributed by atoms with Gasteiger partial charge in [0.25, 0.3) is 0 Å². The van der Waals surface area contributed by atoms with E-state index in [4.69, 9.17) is 5.73 Å². The van der Waals surface area contributed by atoms with Gasteiger partial charge in [0, 0.05) is 6.04 Å². The third kappa shape index (κ3) is 11.0. The van der Waals surface area contributed by atoms with Crippen molar-refractivity contribution in [1.82, 2.24) is 0 Å². The monoisotopic (exact) mass is 317 g/mol. The number of hydrogen-bond donors (Lipinski definition) is 1. The Morgan fingerprint density at radius 2 is 1.44 bits per heavy atom. The first-order valence-corrected chi connectivity index (χ1v) is 7.23. The lowest BCUT2D eigenvalue weighted by Crippen LogP contribution is -2.29. The van der Waals surface area contributed by atoms with Gasteiger partial charge in [-0.25, -0.2) is 0 Å². The molecular weight excluding hydrogens is 286 g/mol. The summed E-state index contributed by atoms with van der Waals surface area (Å²) in [6.07, 6.45) is 15.2. The molecule has 2 heteroatoms. The van der Waals surface area contributed by atoms with Gasteiger partial charge in [0.05, 0.1) is 0 Å². The van der Waals surface area contributed by atoms with Gasteiger partial charge in [-0.1, -0.05) is 57.6 Å². The fourth-order valence-corrected chi connectivity index (χ4v) is 2.27. The van der Waals surface area contributed by atoms with Crippen LogP contribution in [0.2, 0.25) is 0 Å². The fraction of sp³-hybridized carbons (Fsp3) is 0.750. The van der Waals surface area contributed by atoms with Crippen LogP contribution in [-0.2, 0) is 0 Å². The molecular formula is C16H32BrN. The maximum atomic E-state index is 6.24. The summed E-state index contributed by atoms with van der Waals surface area (Å²) in [5.41, 5.74) is 6.24. The molecule has 0 saturated carbocycles. The molecule has 2 N–H and O–H groups in total. The van der Waals surface area contributed by atoms with Crippen LogP contribution >= 0.6 is 17.0 Å². The Hall–Kier alpha value is -0.0800. The van der Waals surface area contributed by atoms with E-state index in [1.54, 1.807) is 0 Å². The average Bonchev–Trinajstić information content (AvgIpc) is 2.33. The van der Waals surface area contributed by atoms with Crippen molar-refractivity contribution >= 4 is 17.0 Å². The Bertz CT molecular complexity index is 182. The van der Waals surface area contributed by atoms with Gasteiger partial charge in [0.15, 0.2) is 0 Å². The second kappa shape index (κ2) is 15.0. The standard InChI is InChI=1S/C16H31N.BrH/c1-4-7-8-9-10-11-14-16(17)15(12-5-2)13-6-3;/h5-6,15-16H,2-4,7-14,17H2,1H3;1H. The van der Waals surface area contributed by atoms with Crippen molar-refractivity contribution in [2.24, 2.45) is 11.7 Å². The normalized spacial score (nSPS) is 11.9. The first-order chi connectivity index (χ1) is 8.26. The lowest BCUT2D eigenvalue weighted by molar-refractivity contribution is 0.392. The summed E-state index contributed by atoms with van der Waals surface area (Å²) in [6, 6.07) is 0.317. The van der Waals surface area contributed by atoms with E-state index in [1.165, 1.54) is 38.5 Å². The zero-order valence-electron chi connectivity index (χ0n) is 12.1. The summed E-state index contributed by atoms with van der Waals surface area (Å²) >= 11 is 0. The maximum absolute atomic E-state index is 6.24. The highest BCUT2D eigenvalue weighted by Gasteiger charge is 2.14. The van der Waals surface area contributed by atoms with Crippen LogP contribution < -0.4 is 5.73 Å². The molecule has 0 rings (SSSR count). The quantitative estimate of drug-likeness (QED) is 0.378. The van der Waals surface area contributed by atoms with Crippen LogP contribution in [0.5, 0.6) is 0 Å². The Morgan fingerprint density at radius 1 is 0.944 bits per heavy atom. The summed E-state index contributed by atoms with van der Waals surface area (Å²) in [4.78, 5) is 0. The molecule has 0 aliphatic heterocycles. The third-order valence-corrected chi connectivity index (χ3v) is 3.44. The highest BCUT2D eigenvalue weighted by Crippen LogP contribution is 2.18. The van der Waals surface area contributed by atoms with Crippen LogP contribution in [0.4, 0.5) is 0 Å². The van der Waals surface area contributed by atoms with Crippen molar-refractivity contribution in [3.05, 3.63) is 25.3 Å². The van der Waals surface area contributed by atoms with E-state index in [-0.39, 0.29) is 17.0 Å². The molecule has 0 heterocycles. The van der Waals surface area contributed by atoms with Gasteiger partial charge >= 0.3 is 0 Å². The molecule has 0 aromatic rings. The average molecular weight is 318 g/mol. The van der Waals surface area contributed by atoms with Crippen molar-refractivity contribution in [3.63, 3.8) is 0 Å². The third-order valence-electron chi connectivity index (χ3n) is 3.44. The van der Waals surface area contributed by atoms with E-state index < -0.39 is 0 Å². The zero-order chi connectivity index (χ0) is 12.9. The molecule has 0 spiro atoms. The zero-order valence-corrected chi connectivity index (χ0v) is 13.8. The van der Waals surface area contributed by atoms with Crippen molar-refractivity contribution in [3.8, 4) is 0 Å². The van der Waals surface area contributed by atoms with Crippen LogP contribution in [0.3, 0.4) is 0 Å². The summed E-state index contributed by atoms with van der Waals surface area (Å²) in [5.74, 6) is 0.542. The highest BCUT2D eigenvalue weighted by molar-refractivity contribution is 8.93. The molecule has 0 aliphatic carbocycles. The molecule has 1 unspecified atom stereocenters. The number of halogens is 1. The Balaban J connectivity index is 0. The van der Waals surface area contributed by atoms with Crippen LogP contribution in [0.15, 0.2) is 25.3 Å². The van der Waals surface area contributed by atoms with Gasteiger partial charge in [-0.3, -0.25) is 0 Å². The van der Waals surface area contributed by atoms with E-state index in [9.17, 15) is 0 Å². The topological polar surface area (TPSA) is 26.0 Å². The van der Waals surface area contributed by atoms with Crippen LogP contribution in [0.1, 0.15) is 64.7 Å². The largest absolute Gasteiger partial charge is 0.327 e. The lowest BCUT2D eigenvalue weighted by atomic mass is 9.89. The number of unbranched alkanes of at least 4 members (excludes halogenated alkanes) is 5. The number of nitrogens with two attached hydrogens (primary N) is 1. The minimum Gasteiger partial charge on any atom is -0.327 e. The summed E-state index contributed by atoms with van der Waals surface area (Å²) in [5, 5.41) is 0. The first-order valence-electron chi connectivity index (χ1n) is 7.23. The van der Waals surface area contributed by atoms with Crippen molar-refractivity contribution in [2.45, 2.75) is 70.8 Å². The molecule has 0 radical (unpaired) electrons. The van der Waals surface area contributed by atoms with E-state index >= 15 is 0 Å². The minimum atomic E-state index is 0. The molecule has 0 saturated heterocycles. The lowest BCUT2D eigenvalue weighted by Gasteiger charge is -2.21. The van der Waals surface area contributed by atoms with E-state index in [0.29, 0.717) is 12.0 Å². The number of hydrogen-bond acceptors (Lipinski definition) is 1. The maximum Gasteiger partial charge on any atom is 0.00730 e. The summed E-state index contributed by atoms with van der Waals surface area (Å²) in [7, 11) is 0. The molecule has 0 aliphatic rings. The summed E-state index contributed by atoms with van der Waals surface area (Å²) in [6.45, 7) is 9.87. The van der Waals surface area contributed by atoms with Gasteiger partial charge in [0.1, 0.15) is 0 Å². The van der Waals surface area contributed by atoms with Gasteiger partial charge in [-0.05, 0) is 25.2 Å². The molecule has 0 amide bonds. The van der Waals surface area contributed by atoms with E-state index in [2.05, 4.69) is 20.1 Å². The molecule has 0 fully saturated rings. The number of allylic oxidation sites excluding steroid dienone is 2. The molecule has 18 heavy (non-hydrogen) atoms. The van der Waals surface area contributed by atoms with Gasteiger partial charge in [0.2, 0.25) is 0 Å².